The monoisotopic (exact) mass is 197 g/mol. The normalized spacial score (nSPS) is 12.1. The van der Waals surface area contributed by atoms with Crippen LogP contribution >= 0.6 is 0 Å². The molecule has 2 aromatic heterocycles. The first-order valence-electron chi connectivity index (χ1n) is 3.58. The Morgan fingerprint density at radius 3 is 2.92 bits per heavy atom. The van der Waals surface area contributed by atoms with Gasteiger partial charge in [0.1, 0.15) is 0 Å². The van der Waals surface area contributed by atoms with Crippen LogP contribution in [0.3, 0.4) is 0 Å². The van der Waals surface area contributed by atoms with Gasteiger partial charge >= 0.3 is 0 Å². The zero-order chi connectivity index (χ0) is 9.47. The van der Waals surface area contributed by atoms with Crippen molar-refractivity contribution in [1.82, 2.24) is 14.6 Å². The van der Waals surface area contributed by atoms with Crippen molar-refractivity contribution in [2.45, 2.75) is 5.16 Å². The summed E-state index contributed by atoms with van der Waals surface area (Å²) in [5.74, 6) is 0. The van der Waals surface area contributed by atoms with Crippen molar-refractivity contribution < 1.29 is 8.42 Å². The van der Waals surface area contributed by atoms with E-state index in [1.165, 1.54) is 10.6 Å². The third-order valence-electron chi connectivity index (χ3n) is 1.65. The van der Waals surface area contributed by atoms with Crippen LogP contribution in [0, 0.1) is 0 Å². The highest BCUT2D eigenvalue weighted by Gasteiger charge is 2.13. The lowest BCUT2D eigenvalue weighted by Gasteiger charge is -1.99. The Hall–Kier alpha value is -1.43. The molecular formula is C7H7N3O2S. The van der Waals surface area contributed by atoms with Crippen LogP contribution in [-0.4, -0.2) is 29.3 Å². The molecule has 0 bridgehead atoms. The van der Waals surface area contributed by atoms with Gasteiger partial charge in [0.15, 0.2) is 0 Å². The molecule has 13 heavy (non-hydrogen) atoms. The Balaban J connectivity index is 2.91. The molecule has 0 aromatic carbocycles. The van der Waals surface area contributed by atoms with E-state index in [1.54, 1.807) is 18.3 Å². The summed E-state index contributed by atoms with van der Waals surface area (Å²) >= 11 is 0. The van der Waals surface area contributed by atoms with Gasteiger partial charge in [0.05, 0.1) is 11.7 Å². The second-order valence-electron chi connectivity index (χ2n) is 2.70. The Morgan fingerprint density at radius 1 is 1.46 bits per heavy atom. The first-order chi connectivity index (χ1) is 6.09. The summed E-state index contributed by atoms with van der Waals surface area (Å²) in [6, 6.07) is 3.51. The average molecular weight is 197 g/mol. The molecule has 0 aliphatic rings. The van der Waals surface area contributed by atoms with Crippen LogP contribution in [-0.2, 0) is 9.84 Å². The summed E-state index contributed by atoms with van der Waals surface area (Å²) in [7, 11) is -3.31. The van der Waals surface area contributed by atoms with Crippen LogP contribution in [0.15, 0.2) is 29.7 Å². The van der Waals surface area contributed by atoms with Crippen LogP contribution in [0.2, 0.25) is 0 Å². The lowest BCUT2D eigenvalue weighted by atomic mass is 10.5. The average Bonchev–Trinajstić information content (AvgIpc) is 2.48. The summed E-state index contributed by atoms with van der Waals surface area (Å²) in [5, 5.41) is 7.14. The molecule has 0 atom stereocenters. The number of sulfone groups is 1. The second-order valence-corrected chi connectivity index (χ2v) is 4.61. The van der Waals surface area contributed by atoms with E-state index in [-0.39, 0.29) is 5.16 Å². The number of rotatable bonds is 1. The highest BCUT2D eigenvalue weighted by Crippen LogP contribution is 2.08. The molecule has 68 valence electrons. The van der Waals surface area contributed by atoms with Crippen LogP contribution in [0.1, 0.15) is 0 Å². The molecule has 0 aliphatic carbocycles. The smallest absolute Gasteiger partial charge is 0.252 e. The Kier molecular flexibility index (Phi) is 1.59. The van der Waals surface area contributed by atoms with Gasteiger partial charge in [-0.3, -0.25) is 4.40 Å². The SMILES string of the molecule is CS(=O)(=O)c1nncc2cccn12. The van der Waals surface area contributed by atoms with Gasteiger partial charge in [-0.15, -0.1) is 5.10 Å². The molecule has 0 fully saturated rings. The zero-order valence-corrected chi connectivity index (χ0v) is 7.69. The van der Waals surface area contributed by atoms with E-state index in [2.05, 4.69) is 10.2 Å². The van der Waals surface area contributed by atoms with E-state index in [0.717, 1.165) is 11.8 Å². The van der Waals surface area contributed by atoms with Crippen LogP contribution < -0.4 is 0 Å². The summed E-state index contributed by atoms with van der Waals surface area (Å²) in [6.07, 6.45) is 4.26. The molecule has 0 aliphatic heterocycles. The fraction of sp³-hybridized carbons (Fsp3) is 0.143. The molecular weight excluding hydrogens is 190 g/mol. The van der Waals surface area contributed by atoms with Crippen molar-refractivity contribution in [3.05, 3.63) is 24.5 Å². The van der Waals surface area contributed by atoms with Crippen LogP contribution in [0.5, 0.6) is 0 Å². The van der Waals surface area contributed by atoms with Crippen LogP contribution in [0.25, 0.3) is 5.52 Å². The minimum Gasteiger partial charge on any atom is -0.289 e. The second kappa shape index (κ2) is 2.53. The first kappa shape index (κ1) is 8.18. The van der Waals surface area contributed by atoms with Gasteiger partial charge in [0.25, 0.3) is 5.16 Å². The molecule has 5 nitrogen and oxygen atoms in total. The van der Waals surface area contributed by atoms with E-state index < -0.39 is 9.84 Å². The summed E-state index contributed by atoms with van der Waals surface area (Å²) in [4.78, 5) is 0. The zero-order valence-electron chi connectivity index (χ0n) is 6.88. The van der Waals surface area contributed by atoms with Crippen molar-refractivity contribution in [3.8, 4) is 0 Å². The molecule has 0 amide bonds. The van der Waals surface area contributed by atoms with E-state index in [1.807, 2.05) is 0 Å². The van der Waals surface area contributed by atoms with Gasteiger partial charge in [-0.05, 0) is 12.1 Å². The van der Waals surface area contributed by atoms with Crippen molar-refractivity contribution in [3.63, 3.8) is 0 Å². The van der Waals surface area contributed by atoms with Gasteiger partial charge < -0.3 is 0 Å². The molecule has 0 radical (unpaired) electrons. The summed E-state index contributed by atoms with van der Waals surface area (Å²) in [6.45, 7) is 0. The van der Waals surface area contributed by atoms with Gasteiger partial charge in [0, 0.05) is 12.5 Å². The minimum absolute atomic E-state index is 0.0324. The van der Waals surface area contributed by atoms with E-state index in [4.69, 9.17) is 0 Å². The number of fused-ring (bicyclic) bond motifs is 1. The predicted molar refractivity (Wildman–Crippen MR) is 46.1 cm³/mol. The number of hydrogen-bond donors (Lipinski definition) is 0. The third-order valence-corrected chi connectivity index (χ3v) is 2.59. The molecule has 0 saturated carbocycles. The third kappa shape index (κ3) is 1.29. The van der Waals surface area contributed by atoms with E-state index in [9.17, 15) is 8.42 Å². The Labute approximate surface area is 74.9 Å². The first-order valence-corrected chi connectivity index (χ1v) is 5.47. The van der Waals surface area contributed by atoms with Gasteiger partial charge in [0.2, 0.25) is 9.84 Å². The molecule has 0 saturated heterocycles. The molecule has 2 heterocycles. The van der Waals surface area contributed by atoms with Gasteiger partial charge in [-0.25, -0.2) is 8.42 Å². The largest absolute Gasteiger partial charge is 0.289 e. The number of hydrogen-bond acceptors (Lipinski definition) is 4. The van der Waals surface area contributed by atoms with Crippen molar-refractivity contribution in [2.75, 3.05) is 6.26 Å². The van der Waals surface area contributed by atoms with Gasteiger partial charge in [-0.2, -0.15) is 5.10 Å². The maximum Gasteiger partial charge on any atom is 0.252 e. The maximum absolute atomic E-state index is 11.2. The quantitative estimate of drug-likeness (QED) is 0.652. The molecule has 0 unspecified atom stereocenters. The Bertz CT molecular complexity index is 544. The predicted octanol–water partition coefficient (Wildman–Crippen LogP) is 0.133. The summed E-state index contributed by atoms with van der Waals surface area (Å²) in [5.41, 5.74) is 0.718. The van der Waals surface area contributed by atoms with E-state index in [0.29, 0.717) is 0 Å². The molecule has 2 aromatic rings. The minimum atomic E-state index is -3.31. The summed E-state index contributed by atoms with van der Waals surface area (Å²) < 4.78 is 23.9. The van der Waals surface area contributed by atoms with Crippen molar-refractivity contribution in [1.29, 1.82) is 0 Å². The lowest BCUT2D eigenvalue weighted by Crippen LogP contribution is -2.08. The number of nitrogens with zero attached hydrogens (tertiary/aromatic N) is 3. The molecule has 0 spiro atoms. The standard InChI is InChI=1S/C7H7N3O2S/c1-13(11,12)7-9-8-5-6-3-2-4-10(6)7/h2-5H,1H3. The molecule has 2 rings (SSSR count). The maximum atomic E-state index is 11.2. The van der Waals surface area contributed by atoms with Gasteiger partial charge in [-0.1, -0.05) is 0 Å². The lowest BCUT2D eigenvalue weighted by molar-refractivity contribution is 0.586. The fourth-order valence-corrected chi connectivity index (χ4v) is 1.83. The topological polar surface area (TPSA) is 64.3 Å². The fourth-order valence-electron chi connectivity index (χ4n) is 1.11. The van der Waals surface area contributed by atoms with E-state index >= 15 is 0 Å². The number of aromatic nitrogens is 3. The highest BCUT2D eigenvalue weighted by molar-refractivity contribution is 7.90. The van der Waals surface area contributed by atoms with Crippen molar-refractivity contribution >= 4 is 15.4 Å². The van der Waals surface area contributed by atoms with Crippen LogP contribution in [0.4, 0.5) is 0 Å². The molecule has 6 heteroatoms. The highest BCUT2D eigenvalue weighted by atomic mass is 32.2. The Morgan fingerprint density at radius 2 is 2.23 bits per heavy atom. The molecule has 0 N–H and O–H groups in total. The van der Waals surface area contributed by atoms with Crippen molar-refractivity contribution in [2.24, 2.45) is 0 Å².